The Morgan fingerprint density at radius 2 is 2.06 bits per heavy atom. The molecule has 1 amide bonds. The van der Waals surface area contributed by atoms with E-state index < -0.39 is 24.7 Å². The fourth-order valence-corrected chi connectivity index (χ4v) is 1.90. The number of hydrogen-bond acceptors (Lipinski definition) is 2. The van der Waals surface area contributed by atoms with Crippen LogP contribution in [0.3, 0.4) is 0 Å². The summed E-state index contributed by atoms with van der Waals surface area (Å²) in [5.74, 6) is -3.09. The van der Waals surface area contributed by atoms with Gasteiger partial charge in [0.2, 0.25) is 0 Å². The first-order valence-electron chi connectivity index (χ1n) is 5.29. The number of carbonyl (C=O) groups excluding carboxylic acids is 1. The van der Waals surface area contributed by atoms with E-state index in [1.54, 1.807) is 19.1 Å². The molecule has 0 aromatic heterocycles. The van der Waals surface area contributed by atoms with Crippen molar-refractivity contribution in [2.45, 2.75) is 25.8 Å². The van der Waals surface area contributed by atoms with Gasteiger partial charge in [-0.05, 0) is 30.5 Å². The molecule has 0 radical (unpaired) electrons. The number of carbonyl (C=O) groups is 1. The van der Waals surface area contributed by atoms with Crippen LogP contribution in [0.2, 0.25) is 0 Å². The fourth-order valence-electron chi connectivity index (χ4n) is 1.90. The SMILES string of the molecule is Cc1cccc([C@@H]2NC(=O)OCC2(F)F)c1C.Cl. The van der Waals surface area contributed by atoms with E-state index in [1.807, 2.05) is 13.0 Å². The van der Waals surface area contributed by atoms with E-state index in [-0.39, 0.29) is 12.4 Å². The van der Waals surface area contributed by atoms with Crippen molar-refractivity contribution < 1.29 is 18.3 Å². The van der Waals surface area contributed by atoms with Crippen LogP contribution >= 0.6 is 12.4 Å². The molecule has 18 heavy (non-hydrogen) atoms. The molecule has 0 bridgehead atoms. The fraction of sp³-hybridized carbons (Fsp3) is 0.417. The summed E-state index contributed by atoms with van der Waals surface area (Å²) in [6, 6.07) is 3.84. The molecule has 6 heteroatoms. The van der Waals surface area contributed by atoms with E-state index in [0.29, 0.717) is 5.56 Å². The summed E-state index contributed by atoms with van der Waals surface area (Å²) < 4.78 is 31.7. The Morgan fingerprint density at radius 1 is 1.39 bits per heavy atom. The maximum atomic E-state index is 13.7. The highest BCUT2D eigenvalue weighted by Gasteiger charge is 2.47. The summed E-state index contributed by atoms with van der Waals surface area (Å²) >= 11 is 0. The predicted molar refractivity (Wildman–Crippen MR) is 65.3 cm³/mol. The molecule has 1 N–H and O–H groups in total. The largest absolute Gasteiger partial charge is 0.443 e. The zero-order valence-corrected chi connectivity index (χ0v) is 10.8. The van der Waals surface area contributed by atoms with Gasteiger partial charge in [0.05, 0.1) is 0 Å². The van der Waals surface area contributed by atoms with Gasteiger partial charge in [-0.1, -0.05) is 18.2 Å². The lowest BCUT2D eigenvalue weighted by molar-refractivity contribution is -0.104. The number of alkyl carbamates (subject to hydrolysis) is 1. The van der Waals surface area contributed by atoms with Gasteiger partial charge in [0, 0.05) is 0 Å². The number of cyclic esters (lactones) is 1. The smallest absolute Gasteiger partial charge is 0.408 e. The summed E-state index contributed by atoms with van der Waals surface area (Å²) in [5.41, 5.74) is 2.12. The molecule has 0 saturated carbocycles. The summed E-state index contributed by atoms with van der Waals surface area (Å²) in [4.78, 5) is 11.1. The van der Waals surface area contributed by atoms with Gasteiger partial charge in [-0.2, -0.15) is 0 Å². The van der Waals surface area contributed by atoms with Gasteiger partial charge in [0.1, 0.15) is 6.04 Å². The molecule has 0 aliphatic carbocycles. The predicted octanol–water partition coefficient (Wildman–Crippen LogP) is 3.14. The first-order valence-corrected chi connectivity index (χ1v) is 5.29. The average molecular weight is 278 g/mol. The van der Waals surface area contributed by atoms with E-state index in [1.165, 1.54) is 0 Å². The van der Waals surface area contributed by atoms with Crippen molar-refractivity contribution >= 4 is 18.5 Å². The summed E-state index contributed by atoms with van der Waals surface area (Å²) in [7, 11) is 0. The third kappa shape index (κ3) is 2.56. The van der Waals surface area contributed by atoms with Crippen molar-refractivity contribution in [1.82, 2.24) is 5.32 Å². The molecule has 100 valence electrons. The molecule has 0 spiro atoms. The molecule has 1 atom stereocenters. The normalized spacial score (nSPS) is 21.6. The van der Waals surface area contributed by atoms with E-state index >= 15 is 0 Å². The molecule has 3 nitrogen and oxygen atoms in total. The van der Waals surface area contributed by atoms with Crippen LogP contribution in [0.25, 0.3) is 0 Å². The van der Waals surface area contributed by atoms with Crippen molar-refractivity contribution in [1.29, 1.82) is 0 Å². The number of aryl methyl sites for hydroxylation is 1. The van der Waals surface area contributed by atoms with Gasteiger partial charge in [0.25, 0.3) is 0 Å². The van der Waals surface area contributed by atoms with Crippen LogP contribution in [0, 0.1) is 13.8 Å². The second-order valence-corrected chi connectivity index (χ2v) is 4.20. The third-order valence-electron chi connectivity index (χ3n) is 3.04. The Kier molecular flexibility index (Phi) is 4.16. The van der Waals surface area contributed by atoms with Crippen molar-refractivity contribution in [2.75, 3.05) is 6.61 Å². The number of alkyl halides is 2. The third-order valence-corrected chi connectivity index (χ3v) is 3.04. The molecule has 1 fully saturated rings. The van der Waals surface area contributed by atoms with Crippen LogP contribution in [-0.2, 0) is 4.74 Å². The van der Waals surface area contributed by atoms with E-state index in [0.717, 1.165) is 11.1 Å². The second kappa shape index (κ2) is 5.10. The topological polar surface area (TPSA) is 38.3 Å². The standard InChI is InChI=1S/C12H13F2NO2.ClH/c1-7-4-3-5-9(8(7)2)10-12(13,14)6-17-11(16)15-10;/h3-5,10H,6H2,1-2H3,(H,15,16);1H/t10-;/m0./s1. The molecular formula is C12H14ClF2NO2. The lowest BCUT2D eigenvalue weighted by Gasteiger charge is -2.32. The van der Waals surface area contributed by atoms with Crippen molar-refractivity contribution in [3.05, 3.63) is 34.9 Å². The van der Waals surface area contributed by atoms with Gasteiger partial charge in [-0.25, -0.2) is 13.6 Å². The zero-order valence-electron chi connectivity index (χ0n) is 10.00. The van der Waals surface area contributed by atoms with Gasteiger partial charge in [-0.15, -0.1) is 12.4 Å². The molecule has 2 rings (SSSR count). The molecule has 0 unspecified atom stereocenters. The Morgan fingerprint density at radius 3 is 2.72 bits per heavy atom. The van der Waals surface area contributed by atoms with Crippen LogP contribution in [0.4, 0.5) is 13.6 Å². The van der Waals surface area contributed by atoms with Gasteiger partial charge >= 0.3 is 12.0 Å². The summed E-state index contributed by atoms with van der Waals surface area (Å²) in [6.07, 6.45) is -0.804. The minimum Gasteiger partial charge on any atom is -0.443 e. The molecular weight excluding hydrogens is 264 g/mol. The van der Waals surface area contributed by atoms with Gasteiger partial charge < -0.3 is 10.1 Å². The highest BCUT2D eigenvalue weighted by atomic mass is 35.5. The van der Waals surface area contributed by atoms with Crippen LogP contribution < -0.4 is 5.32 Å². The zero-order chi connectivity index (χ0) is 12.6. The van der Waals surface area contributed by atoms with Crippen molar-refractivity contribution in [3.8, 4) is 0 Å². The van der Waals surface area contributed by atoms with Crippen LogP contribution in [-0.4, -0.2) is 18.6 Å². The minimum absolute atomic E-state index is 0. The summed E-state index contributed by atoms with van der Waals surface area (Å²) in [5, 5.41) is 2.18. The lowest BCUT2D eigenvalue weighted by atomic mass is 9.93. The average Bonchev–Trinajstić information content (AvgIpc) is 2.26. The highest BCUT2D eigenvalue weighted by molar-refractivity contribution is 5.85. The van der Waals surface area contributed by atoms with Crippen molar-refractivity contribution in [3.63, 3.8) is 0 Å². The number of hydrogen-bond donors (Lipinski definition) is 1. The maximum Gasteiger partial charge on any atom is 0.408 e. The number of halogens is 3. The second-order valence-electron chi connectivity index (χ2n) is 4.20. The number of amides is 1. The number of nitrogens with one attached hydrogen (secondary N) is 1. The van der Waals surface area contributed by atoms with Gasteiger partial charge in [0.15, 0.2) is 6.61 Å². The molecule has 1 heterocycles. The molecule has 1 saturated heterocycles. The lowest BCUT2D eigenvalue weighted by Crippen LogP contribution is -2.49. The van der Waals surface area contributed by atoms with Crippen LogP contribution in [0.1, 0.15) is 22.7 Å². The van der Waals surface area contributed by atoms with Crippen LogP contribution in [0.5, 0.6) is 0 Å². The monoisotopic (exact) mass is 277 g/mol. The highest BCUT2D eigenvalue weighted by Crippen LogP contribution is 2.36. The quantitative estimate of drug-likeness (QED) is 0.856. The van der Waals surface area contributed by atoms with E-state index in [9.17, 15) is 13.6 Å². The van der Waals surface area contributed by atoms with E-state index in [4.69, 9.17) is 0 Å². The van der Waals surface area contributed by atoms with Gasteiger partial charge in [-0.3, -0.25) is 0 Å². The number of benzene rings is 1. The molecule has 1 aromatic rings. The van der Waals surface area contributed by atoms with E-state index in [2.05, 4.69) is 10.1 Å². The Balaban J connectivity index is 0.00000162. The molecule has 1 aromatic carbocycles. The molecule has 1 aliphatic heterocycles. The number of rotatable bonds is 1. The minimum atomic E-state index is -3.09. The number of ether oxygens (including phenoxy) is 1. The first-order chi connectivity index (χ1) is 7.92. The Bertz CT molecular complexity index is 465. The Labute approximate surface area is 110 Å². The maximum absolute atomic E-state index is 13.7. The first kappa shape index (κ1) is 14.7. The molecule has 1 aliphatic rings. The van der Waals surface area contributed by atoms with Crippen molar-refractivity contribution in [2.24, 2.45) is 0 Å². The van der Waals surface area contributed by atoms with Crippen LogP contribution in [0.15, 0.2) is 18.2 Å². The summed E-state index contributed by atoms with van der Waals surface area (Å²) in [6.45, 7) is 2.73. The Hall–Kier alpha value is -1.36.